The summed E-state index contributed by atoms with van der Waals surface area (Å²) in [6, 6.07) is 4.41. The van der Waals surface area contributed by atoms with E-state index < -0.39 is 0 Å². The molecule has 0 aliphatic carbocycles. The maximum atomic E-state index is 13.9. The molecule has 0 spiro atoms. The number of nitrogens with two attached hydrogens (primary N) is 1. The molecule has 0 aliphatic heterocycles. The third kappa shape index (κ3) is 3.65. The van der Waals surface area contributed by atoms with Crippen LogP contribution in [0.5, 0.6) is 0 Å². The molecular weight excluding hydrogens is 255 g/mol. The van der Waals surface area contributed by atoms with Gasteiger partial charge in [-0.1, -0.05) is 17.7 Å². The average Bonchev–Trinajstić information content (AvgIpc) is 2.33. The largest absolute Gasteiger partial charge is 0.380 e. The molecule has 0 radical (unpaired) electrons. The van der Waals surface area contributed by atoms with Gasteiger partial charge in [0.15, 0.2) is 0 Å². The van der Waals surface area contributed by atoms with Crippen LogP contribution in [0.2, 0.25) is 5.02 Å². The van der Waals surface area contributed by atoms with E-state index in [1.165, 1.54) is 6.07 Å². The Hall–Kier alpha value is -0.680. The van der Waals surface area contributed by atoms with Crippen LogP contribution in [0.15, 0.2) is 18.2 Å². The van der Waals surface area contributed by atoms with Crippen molar-refractivity contribution in [1.29, 1.82) is 0 Å². The van der Waals surface area contributed by atoms with E-state index in [1.807, 2.05) is 18.9 Å². The highest BCUT2D eigenvalue weighted by molar-refractivity contribution is 6.31. The van der Waals surface area contributed by atoms with Crippen LogP contribution in [-0.4, -0.2) is 38.3 Å². The van der Waals surface area contributed by atoms with Crippen LogP contribution in [0.4, 0.5) is 4.39 Å². The predicted octanol–water partition coefficient (Wildman–Crippen LogP) is 2.45. The summed E-state index contributed by atoms with van der Waals surface area (Å²) < 4.78 is 19.1. The average molecular weight is 275 g/mol. The second kappa shape index (κ2) is 7.04. The Bertz CT molecular complexity index is 369. The third-order valence-electron chi connectivity index (χ3n) is 3.04. The topological polar surface area (TPSA) is 38.5 Å². The monoisotopic (exact) mass is 274 g/mol. The molecule has 102 valence electrons. The Morgan fingerprint density at radius 1 is 1.50 bits per heavy atom. The quantitative estimate of drug-likeness (QED) is 0.866. The molecule has 2 N–H and O–H groups in total. The molecule has 1 aromatic carbocycles. The number of hydrogen-bond acceptors (Lipinski definition) is 3. The van der Waals surface area contributed by atoms with Crippen LogP contribution in [0, 0.1) is 5.82 Å². The Labute approximate surface area is 113 Å². The third-order valence-corrected chi connectivity index (χ3v) is 3.37. The molecule has 0 amide bonds. The zero-order chi connectivity index (χ0) is 13.7. The van der Waals surface area contributed by atoms with Gasteiger partial charge in [0.25, 0.3) is 0 Å². The van der Waals surface area contributed by atoms with E-state index in [4.69, 9.17) is 22.1 Å². The highest BCUT2D eigenvalue weighted by Crippen LogP contribution is 2.28. The van der Waals surface area contributed by atoms with Crippen molar-refractivity contribution < 1.29 is 9.13 Å². The number of hydrogen-bond donors (Lipinski definition) is 1. The molecule has 1 aromatic rings. The van der Waals surface area contributed by atoms with Gasteiger partial charge in [0, 0.05) is 30.8 Å². The van der Waals surface area contributed by atoms with Crippen molar-refractivity contribution in [3.63, 3.8) is 0 Å². The number of likely N-dealkylation sites (N-methyl/N-ethyl adjacent to an activating group) is 1. The lowest BCUT2D eigenvalue weighted by atomic mass is 10.0. The molecule has 0 bridgehead atoms. The Balaban J connectivity index is 2.95. The molecule has 0 saturated heterocycles. The maximum absolute atomic E-state index is 13.9. The van der Waals surface area contributed by atoms with Crippen LogP contribution < -0.4 is 5.73 Å². The van der Waals surface area contributed by atoms with Gasteiger partial charge in [-0.15, -0.1) is 0 Å². The first-order valence-electron chi connectivity index (χ1n) is 5.88. The van der Waals surface area contributed by atoms with Crippen LogP contribution in [0.25, 0.3) is 0 Å². The second-order valence-electron chi connectivity index (χ2n) is 4.37. The van der Waals surface area contributed by atoms with Crippen molar-refractivity contribution in [2.75, 3.05) is 27.2 Å². The van der Waals surface area contributed by atoms with E-state index in [0.29, 0.717) is 23.7 Å². The van der Waals surface area contributed by atoms with Crippen molar-refractivity contribution in [3.8, 4) is 0 Å². The Morgan fingerprint density at radius 2 is 2.17 bits per heavy atom. The van der Waals surface area contributed by atoms with Crippen molar-refractivity contribution in [3.05, 3.63) is 34.6 Å². The molecule has 0 aliphatic rings. The van der Waals surface area contributed by atoms with Gasteiger partial charge in [0.2, 0.25) is 0 Å². The van der Waals surface area contributed by atoms with Crippen molar-refractivity contribution in [1.82, 2.24) is 4.90 Å². The number of rotatable bonds is 6. The molecule has 1 rings (SSSR count). The lowest BCUT2D eigenvalue weighted by molar-refractivity contribution is 0.0719. The van der Waals surface area contributed by atoms with E-state index in [0.717, 1.165) is 0 Å². The predicted molar refractivity (Wildman–Crippen MR) is 72.3 cm³/mol. The zero-order valence-corrected chi connectivity index (χ0v) is 11.7. The van der Waals surface area contributed by atoms with Gasteiger partial charge >= 0.3 is 0 Å². The molecule has 3 nitrogen and oxygen atoms in total. The molecule has 18 heavy (non-hydrogen) atoms. The molecular formula is C13H20ClFN2O. The minimum absolute atomic E-state index is 0.0506. The van der Waals surface area contributed by atoms with Gasteiger partial charge < -0.3 is 10.5 Å². The maximum Gasteiger partial charge on any atom is 0.129 e. The van der Waals surface area contributed by atoms with Crippen LogP contribution in [-0.2, 0) is 4.74 Å². The first-order valence-corrected chi connectivity index (χ1v) is 6.26. The van der Waals surface area contributed by atoms with Crippen molar-refractivity contribution >= 4 is 11.6 Å². The summed E-state index contributed by atoms with van der Waals surface area (Å²) in [5.41, 5.74) is 6.20. The normalized spacial score (nSPS) is 14.8. The lowest BCUT2D eigenvalue weighted by Gasteiger charge is -2.30. The number of methoxy groups -OCH3 is 1. The molecule has 5 heteroatoms. The summed E-state index contributed by atoms with van der Waals surface area (Å²) in [6.07, 6.45) is 0.0506. The van der Waals surface area contributed by atoms with E-state index in [2.05, 4.69) is 0 Å². The highest BCUT2D eigenvalue weighted by Gasteiger charge is 2.22. The smallest absolute Gasteiger partial charge is 0.129 e. The fourth-order valence-corrected chi connectivity index (χ4v) is 2.24. The molecule has 0 saturated carbocycles. The first kappa shape index (κ1) is 15.4. The van der Waals surface area contributed by atoms with Gasteiger partial charge in [-0.2, -0.15) is 0 Å². The van der Waals surface area contributed by atoms with Crippen LogP contribution in [0.3, 0.4) is 0 Å². The SMILES string of the molecule is COC(C)CN(C)C(CN)c1c(F)cccc1Cl. The van der Waals surface area contributed by atoms with E-state index in [1.54, 1.807) is 19.2 Å². The number of benzene rings is 1. The standard InChI is InChI=1S/C13H20ClFN2O/c1-9(18-3)8-17(2)12(7-16)13-10(14)5-4-6-11(13)15/h4-6,9,12H,7-8,16H2,1-3H3. The summed E-state index contributed by atoms with van der Waals surface area (Å²) in [7, 11) is 3.53. The van der Waals surface area contributed by atoms with Gasteiger partial charge in [0.05, 0.1) is 12.1 Å². The van der Waals surface area contributed by atoms with Crippen molar-refractivity contribution in [2.24, 2.45) is 5.73 Å². The fraction of sp³-hybridized carbons (Fsp3) is 0.538. The second-order valence-corrected chi connectivity index (χ2v) is 4.78. The van der Waals surface area contributed by atoms with Crippen LogP contribution >= 0.6 is 11.6 Å². The van der Waals surface area contributed by atoms with Crippen molar-refractivity contribution in [2.45, 2.75) is 19.1 Å². The Kier molecular flexibility index (Phi) is 6.02. The molecule has 0 heterocycles. The number of nitrogens with zero attached hydrogens (tertiary/aromatic N) is 1. The Morgan fingerprint density at radius 3 is 2.67 bits per heavy atom. The van der Waals surface area contributed by atoms with E-state index >= 15 is 0 Å². The fourth-order valence-electron chi connectivity index (χ4n) is 1.95. The van der Waals surface area contributed by atoms with Gasteiger partial charge in [-0.25, -0.2) is 4.39 Å². The molecule has 0 aromatic heterocycles. The summed E-state index contributed by atoms with van der Waals surface area (Å²) in [5, 5.41) is 0.405. The van der Waals surface area contributed by atoms with Gasteiger partial charge in [-0.05, 0) is 26.1 Å². The molecule has 0 fully saturated rings. The summed E-state index contributed by atoms with van der Waals surface area (Å²) in [5.74, 6) is -0.324. The summed E-state index contributed by atoms with van der Waals surface area (Å²) in [6.45, 7) is 2.91. The van der Waals surface area contributed by atoms with Gasteiger partial charge in [0.1, 0.15) is 5.82 Å². The first-order chi connectivity index (χ1) is 8.51. The summed E-state index contributed by atoms with van der Waals surface area (Å²) >= 11 is 6.06. The minimum atomic E-state index is -0.324. The number of ether oxygens (including phenoxy) is 1. The van der Waals surface area contributed by atoms with Gasteiger partial charge in [-0.3, -0.25) is 4.90 Å². The molecule has 2 unspecified atom stereocenters. The van der Waals surface area contributed by atoms with E-state index in [9.17, 15) is 4.39 Å². The lowest BCUT2D eigenvalue weighted by Crippen LogP contribution is -2.36. The highest BCUT2D eigenvalue weighted by atomic mass is 35.5. The molecule has 2 atom stereocenters. The number of halogens is 2. The van der Waals surface area contributed by atoms with Crippen LogP contribution in [0.1, 0.15) is 18.5 Å². The van der Waals surface area contributed by atoms with E-state index in [-0.39, 0.29) is 18.0 Å². The minimum Gasteiger partial charge on any atom is -0.380 e. The summed E-state index contributed by atoms with van der Waals surface area (Å²) in [4.78, 5) is 1.96. The zero-order valence-electron chi connectivity index (χ0n) is 11.0.